The van der Waals surface area contributed by atoms with Gasteiger partial charge in [-0.3, -0.25) is 13.8 Å². The van der Waals surface area contributed by atoms with E-state index in [4.69, 9.17) is 18.5 Å². The molecule has 0 heterocycles. The first kappa shape index (κ1) is 53.6. The number of phosphoric ester groups is 1. The van der Waals surface area contributed by atoms with Crippen LogP contribution in [-0.4, -0.2) is 98.9 Å². The summed E-state index contributed by atoms with van der Waals surface area (Å²) in [5.41, 5.74) is 0. The van der Waals surface area contributed by atoms with E-state index < -0.39 is 63.1 Å². The van der Waals surface area contributed by atoms with Crippen LogP contribution < -0.4 is 0 Å². The van der Waals surface area contributed by atoms with Crippen molar-refractivity contribution >= 4 is 13.8 Å². The number of esters is 1. The Balaban J connectivity index is 2.38. The summed E-state index contributed by atoms with van der Waals surface area (Å²) in [7, 11) is -5.02. The lowest BCUT2D eigenvalue weighted by Crippen LogP contribution is -2.64. The number of hydrogen-bond donors (Lipinski definition) is 6. The molecule has 0 aromatic heterocycles. The fourth-order valence-corrected chi connectivity index (χ4v) is 7.59. The maximum Gasteiger partial charge on any atom is 0.472 e. The van der Waals surface area contributed by atoms with Crippen molar-refractivity contribution in [3.63, 3.8) is 0 Å². The van der Waals surface area contributed by atoms with Gasteiger partial charge in [0.05, 0.1) is 13.2 Å². The Kier molecular flexibility index (Phi) is 33.2. The number of rotatable bonds is 37. The molecule has 0 radical (unpaired) electrons. The van der Waals surface area contributed by atoms with Gasteiger partial charge < -0.3 is 39.9 Å². The number of aliphatic hydroxyl groups is 5. The van der Waals surface area contributed by atoms with Crippen LogP contribution in [0.5, 0.6) is 0 Å². The molecule has 1 aliphatic rings. The second-order valence-corrected chi connectivity index (χ2v) is 16.9. The molecule has 1 saturated carbocycles. The van der Waals surface area contributed by atoms with Crippen LogP contribution in [0.2, 0.25) is 0 Å². The van der Waals surface area contributed by atoms with Gasteiger partial charge in [-0.15, -0.1) is 0 Å². The highest BCUT2D eigenvalue weighted by Crippen LogP contribution is 2.47. The Morgan fingerprint density at radius 3 is 1.56 bits per heavy atom. The van der Waals surface area contributed by atoms with Gasteiger partial charge in [-0.05, 0) is 64.2 Å². The van der Waals surface area contributed by atoms with Crippen LogP contribution in [-0.2, 0) is 27.9 Å². The number of carbonyl (C=O) groups is 1. The molecule has 6 atom stereocenters. The predicted molar refractivity (Wildman–Crippen MR) is 226 cm³/mol. The number of allylic oxidation sites excluding steroid dienone is 6. The van der Waals surface area contributed by atoms with Crippen LogP contribution in [0.4, 0.5) is 0 Å². The van der Waals surface area contributed by atoms with Crippen molar-refractivity contribution in [2.45, 2.75) is 217 Å². The average Bonchev–Trinajstić information content (AvgIpc) is 3.19. The van der Waals surface area contributed by atoms with E-state index in [1.54, 1.807) is 0 Å². The number of carbonyl (C=O) groups excluding carboxylic acids is 1. The van der Waals surface area contributed by atoms with Crippen molar-refractivity contribution in [3.05, 3.63) is 36.5 Å². The minimum absolute atomic E-state index is 0.0824. The van der Waals surface area contributed by atoms with E-state index in [2.05, 4.69) is 50.3 Å². The third kappa shape index (κ3) is 27.9. The standard InChI is InChI=1S/C44H81O12P/c1-3-5-7-9-11-13-15-16-17-18-19-20-21-22-23-25-27-29-31-33-38(45)55-37(35-53-34-32-30-28-26-24-14-12-10-8-6-4-2)36-54-57(51,52)56-44-42(49)40(47)39(46)41(48)43(44)50/h8,10-11,13,16-17,37,39-44,46-50H,3-7,9,12,14-15,18-36H2,1-2H3,(H,51,52)/b10-8-,13-11-,17-16-. The van der Waals surface area contributed by atoms with Gasteiger partial charge in [0.25, 0.3) is 0 Å². The first-order valence-electron chi connectivity index (χ1n) is 22.3. The van der Waals surface area contributed by atoms with Crippen LogP contribution in [0.25, 0.3) is 0 Å². The quantitative estimate of drug-likeness (QED) is 0.0151. The second kappa shape index (κ2) is 35.3. The molecule has 0 aromatic carbocycles. The van der Waals surface area contributed by atoms with Crippen LogP contribution >= 0.6 is 7.82 Å². The second-order valence-electron chi connectivity index (χ2n) is 15.5. The summed E-state index contributed by atoms with van der Waals surface area (Å²) < 4.78 is 34.1. The normalized spacial score (nSPS) is 23.2. The maximum atomic E-state index is 12.8. The molecule has 0 amide bonds. The molecule has 0 saturated heterocycles. The van der Waals surface area contributed by atoms with E-state index in [9.17, 15) is 39.8 Å². The number of aliphatic hydroxyl groups excluding tert-OH is 5. The zero-order valence-electron chi connectivity index (χ0n) is 35.4. The van der Waals surface area contributed by atoms with Crippen LogP contribution in [0.3, 0.4) is 0 Å². The number of unbranched alkanes of at least 4 members (excludes halogenated alkanes) is 19. The molecule has 1 rings (SSSR count). The van der Waals surface area contributed by atoms with E-state index >= 15 is 0 Å². The Hall–Kier alpha value is -1.44. The lowest BCUT2D eigenvalue weighted by atomic mass is 9.85. The van der Waals surface area contributed by atoms with Crippen molar-refractivity contribution in [2.75, 3.05) is 19.8 Å². The van der Waals surface area contributed by atoms with Gasteiger partial charge in [0.1, 0.15) is 42.7 Å². The van der Waals surface area contributed by atoms with Gasteiger partial charge in [-0.2, -0.15) is 0 Å². The van der Waals surface area contributed by atoms with Crippen LogP contribution in [0, 0.1) is 0 Å². The predicted octanol–water partition coefficient (Wildman–Crippen LogP) is 8.70. The summed E-state index contributed by atoms with van der Waals surface area (Å²) >= 11 is 0. The van der Waals surface area contributed by atoms with Crippen LogP contribution in [0.15, 0.2) is 36.5 Å². The van der Waals surface area contributed by atoms with Crippen molar-refractivity contribution < 1.29 is 58.3 Å². The third-order valence-corrected chi connectivity index (χ3v) is 11.2. The zero-order chi connectivity index (χ0) is 42.0. The molecule has 57 heavy (non-hydrogen) atoms. The van der Waals surface area contributed by atoms with Crippen LogP contribution in [0.1, 0.15) is 174 Å². The highest BCUT2D eigenvalue weighted by atomic mass is 31.2. The molecule has 1 aliphatic carbocycles. The molecule has 1 fully saturated rings. The molecule has 0 spiro atoms. The summed E-state index contributed by atoms with van der Waals surface area (Å²) in [5.74, 6) is -0.485. The number of hydrogen-bond acceptors (Lipinski definition) is 11. The van der Waals surface area contributed by atoms with Crippen molar-refractivity contribution in [3.8, 4) is 0 Å². The lowest BCUT2D eigenvalue weighted by molar-refractivity contribution is -0.220. The highest BCUT2D eigenvalue weighted by molar-refractivity contribution is 7.47. The first-order valence-corrected chi connectivity index (χ1v) is 23.8. The summed E-state index contributed by atoms with van der Waals surface area (Å²) in [6, 6.07) is 0. The van der Waals surface area contributed by atoms with E-state index in [0.29, 0.717) is 13.0 Å². The van der Waals surface area contributed by atoms with Crippen molar-refractivity contribution in [2.24, 2.45) is 0 Å². The zero-order valence-corrected chi connectivity index (χ0v) is 36.3. The van der Waals surface area contributed by atoms with Crippen molar-refractivity contribution in [1.82, 2.24) is 0 Å². The number of phosphoric acid groups is 1. The van der Waals surface area contributed by atoms with E-state index in [0.717, 1.165) is 70.6 Å². The minimum Gasteiger partial charge on any atom is -0.457 e. The Morgan fingerprint density at radius 2 is 1.02 bits per heavy atom. The summed E-state index contributed by atoms with van der Waals surface area (Å²) in [4.78, 5) is 23.1. The average molecular weight is 833 g/mol. The molecule has 6 N–H and O–H groups in total. The molecule has 6 unspecified atom stereocenters. The van der Waals surface area contributed by atoms with Gasteiger partial charge in [-0.1, -0.05) is 140 Å². The van der Waals surface area contributed by atoms with E-state index in [1.165, 1.54) is 77.0 Å². The largest absolute Gasteiger partial charge is 0.472 e. The Labute approximate surface area is 344 Å². The van der Waals surface area contributed by atoms with Gasteiger partial charge in [0, 0.05) is 13.0 Å². The summed E-state index contributed by atoms with van der Waals surface area (Å²) in [6.45, 7) is 4.15. The third-order valence-electron chi connectivity index (χ3n) is 10.2. The summed E-state index contributed by atoms with van der Waals surface area (Å²) in [6.07, 6.45) is 27.9. The van der Waals surface area contributed by atoms with Gasteiger partial charge in [0.15, 0.2) is 0 Å². The monoisotopic (exact) mass is 833 g/mol. The molecular weight excluding hydrogens is 751 g/mol. The Morgan fingerprint density at radius 1 is 0.561 bits per heavy atom. The molecule has 0 bridgehead atoms. The van der Waals surface area contributed by atoms with Crippen molar-refractivity contribution in [1.29, 1.82) is 0 Å². The highest BCUT2D eigenvalue weighted by Gasteiger charge is 2.51. The Bertz CT molecular complexity index is 1090. The molecule has 0 aromatic rings. The van der Waals surface area contributed by atoms with E-state index in [-0.39, 0.29) is 13.0 Å². The van der Waals surface area contributed by atoms with E-state index in [1.807, 2.05) is 0 Å². The topological polar surface area (TPSA) is 192 Å². The molecule has 334 valence electrons. The smallest absolute Gasteiger partial charge is 0.457 e. The molecule has 12 nitrogen and oxygen atoms in total. The lowest BCUT2D eigenvalue weighted by Gasteiger charge is -2.41. The van der Waals surface area contributed by atoms with Gasteiger partial charge in [-0.25, -0.2) is 4.57 Å². The fraction of sp³-hybridized carbons (Fsp3) is 0.841. The SMILES string of the molecule is CCC/C=C\CCCCCCCCOCC(COP(=O)(O)OC1C(O)C(O)C(O)C(O)C1O)OC(=O)CCCCCCCCCCC/C=C\C/C=C\CCCCC. The first-order chi connectivity index (χ1) is 27.5. The molecular formula is C44H81O12P. The van der Waals surface area contributed by atoms with Gasteiger partial charge >= 0.3 is 13.8 Å². The fourth-order valence-electron chi connectivity index (χ4n) is 6.62. The molecule has 0 aliphatic heterocycles. The summed E-state index contributed by atoms with van der Waals surface area (Å²) in [5, 5.41) is 50.1. The number of ether oxygens (including phenoxy) is 2. The van der Waals surface area contributed by atoms with Gasteiger partial charge in [0.2, 0.25) is 0 Å². The molecule has 13 heteroatoms. The minimum atomic E-state index is -5.02. The maximum absolute atomic E-state index is 12.8.